The summed E-state index contributed by atoms with van der Waals surface area (Å²) in [6.45, 7) is 0.864. The average Bonchev–Trinajstić information content (AvgIpc) is 3.04. The number of hydrazine groups is 1. The summed E-state index contributed by atoms with van der Waals surface area (Å²) in [5, 5.41) is 33.6. The molecule has 0 spiro atoms. The lowest BCUT2D eigenvalue weighted by Crippen LogP contribution is -2.58. The monoisotopic (exact) mass is 614 g/mol. The average molecular weight is 615 g/mol. The Hall–Kier alpha value is -6.15. The van der Waals surface area contributed by atoms with Crippen LogP contribution in [0, 0.1) is 10.1 Å². The van der Waals surface area contributed by atoms with Gasteiger partial charge >= 0.3 is 23.9 Å². The van der Waals surface area contributed by atoms with Crippen LogP contribution in [0.25, 0.3) is 10.8 Å². The van der Waals surface area contributed by atoms with E-state index in [2.05, 4.69) is 0 Å². The molecule has 0 aliphatic rings. The van der Waals surface area contributed by atoms with Gasteiger partial charge in [0.2, 0.25) is 0 Å². The Morgan fingerprint density at radius 2 is 1.44 bits per heavy atom. The molecule has 2 N–H and O–H groups in total. The van der Waals surface area contributed by atoms with Gasteiger partial charge in [0.15, 0.2) is 0 Å². The fourth-order valence-corrected chi connectivity index (χ4v) is 4.70. The van der Waals surface area contributed by atoms with Gasteiger partial charge in [0.05, 0.1) is 29.0 Å². The van der Waals surface area contributed by atoms with Crippen molar-refractivity contribution in [3.05, 3.63) is 112 Å². The second-order valence-corrected chi connectivity index (χ2v) is 9.58. The summed E-state index contributed by atoms with van der Waals surface area (Å²) in [7, 11) is 1.07. The molecule has 0 saturated carbocycles. The molecule has 0 aromatic heterocycles. The highest BCUT2D eigenvalue weighted by Crippen LogP contribution is 2.31. The molecule has 230 valence electrons. The molecule has 0 unspecified atom stereocenters. The molecule has 4 rings (SSSR count). The third-order valence-corrected chi connectivity index (χ3v) is 6.88. The molecule has 0 fully saturated rings. The van der Waals surface area contributed by atoms with Gasteiger partial charge in [0.1, 0.15) is 6.04 Å². The van der Waals surface area contributed by atoms with E-state index in [9.17, 15) is 44.3 Å². The lowest BCUT2D eigenvalue weighted by Gasteiger charge is -2.39. The normalized spacial score (nSPS) is 11.4. The Balaban J connectivity index is 1.92. The smallest absolute Gasteiger partial charge is 0.421 e. The Morgan fingerprint density at radius 1 is 0.844 bits per heavy atom. The van der Waals surface area contributed by atoms with Crippen molar-refractivity contribution in [3.63, 3.8) is 0 Å². The molecule has 0 aliphatic carbocycles. The maximum Gasteiger partial charge on any atom is 0.421 e. The number of carboxylic acid groups (broad SMARTS) is 2. The van der Waals surface area contributed by atoms with Gasteiger partial charge in [-0.3, -0.25) is 19.7 Å². The summed E-state index contributed by atoms with van der Waals surface area (Å²) in [5.41, 5.74) is -0.676. The fraction of sp³-hybridized carbons (Fsp3) is 0.129. The number of amides is 3. The lowest BCUT2D eigenvalue weighted by atomic mass is 10.1. The molecule has 4 aromatic carbocycles. The van der Waals surface area contributed by atoms with E-state index in [-0.39, 0.29) is 22.6 Å². The van der Waals surface area contributed by atoms with Crippen molar-refractivity contribution in [3.8, 4) is 0 Å². The molecule has 0 radical (unpaired) electrons. The lowest BCUT2D eigenvalue weighted by molar-refractivity contribution is -0.384. The number of nitro benzene ring substituents is 1. The number of hydrogen-bond donors (Lipinski definition) is 2. The van der Waals surface area contributed by atoms with Gasteiger partial charge in [-0.05, 0) is 36.1 Å². The number of ether oxygens (including phenoxy) is 1. The molecule has 14 heteroatoms. The van der Waals surface area contributed by atoms with E-state index in [1.807, 2.05) is 0 Å². The molecular formula is C31H26N4O10. The van der Waals surface area contributed by atoms with Crippen molar-refractivity contribution in [2.75, 3.05) is 17.0 Å². The van der Waals surface area contributed by atoms with Crippen molar-refractivity contribution in [2.24, 2.45) is 0 Å². The van der Waals surface area contributed by atoms with Gasteiger partial charge in [0.25, 0.3) is 11.6 Å². The predicted octanol–water partition coefficient (Wildman–Crippen LogP) is 4.47. The standard InChI is InChI=1S/C31H26N4O10/c1-19(27(36)33(31(42)45-2)25-13-7-9-21-8-3-4-10-23(21)25)32(18-20-14-16-22(17-15-20)35(43)44)34(28(37)30(40)41)26-12-6-5-11-24(26)29(38)39/h3-17,19H,18H2,1-2H3,(H,38,39)(H,40,41)/t19-/m0/s1. The number of anilines is 2. The Bertz CT molecular complexity index is 1800. The van der Waals surface area contributed by atoms with Crippen LogP contribution in [0.5, 0.6) is 0 Å². The molecule has 4 aromatic rings. The number of para-hydroxylation sites is 1. The maximum absolute atomic E-state index is 14.3. The summed E-state index contributed by atoms with van der Waals surface area (Å²) in [4.78, 5) is 76.4. The summed E-state index contributed by atoms with van der Waals surface area (Å²) >= 11 is 0. The summed E-state index contributed by atoms with van der Waals surface area (Å²) in [6.07, 6.45) is -1.08. The highest BCUT2D eigenvalue weighted by atomic mass is 16.6. The number of aromatic carboxylic acids is 1. The van der Waals surface area contributed by atoms with Crippen LogP contribution in [-0.4, -0.2) is 63.1 Å². The van der Waals surface area contributed by atoms with Gasteiger partial charge in [-0.2, -0.15) is 5.01 Å². The number of aliphatic carboxylic acids is 1. The minimum Gasteiger partial charge on any atom is -0.478 e. The SMILES string of the molecule is COC(=O)N(C(=O)[C@H](C)N(Cc1ccc([N+](=O)[O-])cc1)N(C(=O)C(=O)O)c1ccccc1C(=O)O)c1cccc2ccccc12. The molecule has 0 saturated heterocycles. The number of methoxy groups -OCH3 is 1. The van der Waals surface area contributed by atoms with Gasteiger partial charge in [-0.15, -0.1) is 0 Å². The number of carbonyl (C=O) groups is 5. The highest BCUT2D eigenvalue weighted by molar-refractivity contribution is 6.37. The minimum absolute atomic E-state index is 0.133. The van der Waals surface area contributed by atoms with Crippen LogP contribution >= 0.6 is 0 Å². The topological polar surface area (TPSA) is 188 Å². The van der Waals surface area contributed by atoms with Gasteiger partial charge < -0.3 is 14.9 Å². The maximum atomic E-state index is 14.3. The number of nitro groups is 1. The summed E-state index contributed by atoms with van der Waals surface area (Å²) in [5.74, 6) is -6.03. The van der Waals surface area contributed by atoms with Gasteiger partial charge in [-0.25, -0.2) is 24.3 Å². The van der Waals surface area contributed by atoms with Crippen molar-refractivity contribution >= 4 is 57.7 Å². The first-order chi connectivity index (χ1) is 21.5. The first-order valence-corrected chi connectivity index (χ1v) is 13.3. The number of fused-ring (bicyclic) bond motifs is 1. The quantitative estimate of drug-likeness (QED) is 0.154. The molecular weight excluding hydrogens is 588 g/mol. The molecule has 3 amide bonds. The van der Waals surface area contributed by atoms with Crippen LogP contribution in [0.2, 0.25) is 0 Å². The molecule has 0 bridgehead atoms. The number of nitrogens with zero attached hydrogens (tertiary/aromatic N) is 4. The van der Waals surface area contributed by atoms with Crippen LogP contribution in [-0.2, 0) is 25.7 Å². The number of hydrogen-bond acceptors (Lipinski definition) is 9. The van der Waals surface area contributed by atoms with Gasteiger partial charge in [0, 0.05) is 24.1 Å². The van der Waals surface area contributed by atoms with Crippen LogP contribution in [0.15, 0.2) is 91.0 Å². The van der Waals surface area contributed by atoms with Crippen molar-refractivity contribution in [1.82, 2.24) is 5.01 Å². The van der Waals surface area contributed by atoms with Crippen LogP contribution < -0.4 is 9.91 Å². The minimum atomic E-state index is -1.97. The zero-order chi connectivity index (χ0) is 32.8. The largest absolute Gasteiger partial charge is 0.478 e. The van der Waals surface area contributed by atoms with Crippen molar-refractivity contribution in [2.45, 2.75) is 19.5 Å². The van der Waals surface area contributed by atoms with E-state index >= 15 is 0 Å². The number of carboxylic acids is 2. The van der Waals surface area contributed by atoms with Crippen molar-refractivity contribution < 1.29 is 43.8 Å². The van der Waals surface area contributed by atoms with Crippen molar-refractivity contribution in [1.29, 1.82) is 0 Å². The second kappa shape index (κ2) is 13.4. The molecule has 45 heavy (non-hydrogen) atoms. The number of imide groups is 1. The third kappa shape index (κ3) is 6.60. The van der Waals surface area contributed by atoms with E-state index in [0.717, 1.165) is 23.1 Å². The van der Waals surface area contributed by atoms with Gasteiger partial charge in [-0.1, -0.05) is 60.7 Å². The van der Waals surface area contributed by atoms with Crippen LogP contribution in [0.1, 0.15) is 22.8 Å². The van der Waals surface area contributed by atoms with E-state index in [4.69, 9.17) is 4.74 Å². The molecule has 1 atom stereocenters. The molecule has 0 aliphatic heterocycles. The number of rotatable bonds is 9. The Morgan fingerprint density at radius 3 is 2.07 bits per heavy atom. The van der Waals surface area contributed by atoms with Crippen LogP contribution in [0.3, 0.4) is 0 Å². The fourth-order valence-electron chi connectivity index (χ4n) is 4.70. The third-order valence-electron chi connectivity index (χ3n) is 6.88. The summed E-state index contributed by atoms with van der Waals surface area (Å²) < 4.78 is 4.93. The zero-order valence-corrected chi connectivity index (χ0v) is 23.9. The van der Waals surface area contributed by atoms with Crippen LogP contribution in [0.4, 0.5) is 21.9 Å². The predicted molar refractivity (Wildman–Crippen MR) is 160 cm³/mol. The second-order valence-electron chi connectivity index (χ2n) is 9.58. The molecule has 14 nitrogen and oxygen atoms in total. The van der Waals surface area contributed by atoms with E-state index in [1.165, 1.54) is 55.5 Å². The number of carbonyl (C=O) groups excluding carboxylic acids is 3. The Labute approximate surface area is 255 Å². The zero-order valence-electron chi connectivity index (χ0n) is 23.9. The first kappa shape index (κ1) is 31.8. The van der Waals surface area contributed by atoms with E-state index in [0.29, 0.717) is 15.8 Å². The molecule has 0 heterocycles. The number of benzene rings is 4. The summed E-state index contributed by atoms with van der Waals surface area (Å²) in [6, 6.07) is 20.3. The van der Waals surface area contributed by atoms with E-state index < -0.39 is 52.9 Å². The van der Waals surface area contributed by atoms with E-state index in [1.54, 1.807) is 36.4 Å². The Kier molecular flexibility index (Phi) is 9.49. The highest BCUT2D eigenvalue weighted by Gasteiger charge is 2.40. The first-order valence-electron chi connectivity index (χ1n) is 13.3. The number of non-ortho nitro benzene ring substituents is 1.